The largest absolute Gasteiger partial charge is 0.376 e. The van der Waals surface area contributed by atoms with Crippen LogP contribution in [0.3, 0.4) is 0 Å². The second-order valence-corrected chi connectivity index (χ2v) is 7.58. The molecular weight excluding hydrogens is 382 g/mol. The van der Waals surface area contributed by atoms with E-state index in [1.54, 1.807) is 19.1 Å². The number of hydrogen-bond acceptors (Lipinski definition) is 6. The van der Waals surface area contributed by atoms with Gasteiger partial charge in [0.1, 0.15) is 6.10 Å². The summed E-state index contributed by atoms with van der Waals surface area (Å²) in [6.07, 6.45) is 1.31. The van der Waals surface area contributed by atoms with Crippen molar-refractivity contribution in [1.82, 2.24) is 4.72 Å². The summed E-state index contributed by atoms with van der Waals surface area (Å²) in [7, 11) is -3.65. The van der Waals surface area contributed by atoms with Crippen LogP contribution in [0.15, 0.2) is 29.2 Å². The lowest BCUT2D eigenvalue weighted by Gasteiger charge is -2.16. The van der Waals surface area contributed by atoms with Crippen molar-refractivity contribution in [2.75, 3.05) is 31.6 Å². The van der Waals surface area contributed by atoms with Crippen LogP contribution in [0.2, 0.25) is 0 Å². The molecule has 0 saturated carbocycles. The summed E-state index contributed by atoms with van der Waals surface area (Å²) in [5.74, 6) is -0.345. The molecule has 4 N–H and O–H groups in total. The summed E-state index contributed by atoms with van der Waals surface area (Å²) in [5.41, 5.74) is 5.69. The van der Waals surface area contributed by atoms with Crippen LogP contribution in [0.5, 0.6) is 0 Å². The summed E-state index contributed by atoms with van der Waals surface area (Å²) in [4.78, 5) is 12.3. The van der Waals surface area contributed by atoms with Gasteiger partial charge < -0.3 is 20.5 Å². The van der Waals surface area contributed by atoms with Gasteiger partial charge in [0, 0.05) is 25.4 Å². The molecular formula is C16H26ClN3O5S. The molecule has 1 aliphatic rings. The van der Waals surface area contributed by atoms with Gasteiger partial charge in [-0.25, -0.2) is 13.1 Å². The zero-order chi connectivity index (χ0) is 18.3. The lowest BCUT2D eigenvalue weighted by molar-refractivity contribution is -0.128. The number of hydrogen-bond donors (Lipinski definition) is 3. The van der Waals surface area contributed by atoms with E-state index >= 15 is 0 Å². The van der Waals surface area contributed by atoms with Crippen LogP contribution >= 0.6 is 12.4 Å². The Balaban J connectivity index is 0.00000338. The topological polar surface area (TPSA) is 120 Å². The molecule has 0 spiro atoms. The summed E-state index contributed by atoms with van der Waals surface area (Å²) >= 11 is 0. The minimum Gasteiger partial charge on any atom is -0.376 e. The highest BCUT2D eigenvalue weighted by molar-refractivity contribution is 7.89. The monoisotopic (exact) mass is 407 g/mol. The molecule has 1 aromatic carbocycles. The first kappa shape index (κ1) is 22.8. The third-order valence-electron chi connectivity index (χ3n) is 3.77. The molecule has 1 amide bonds. The van der Waals surface area contributed by atoms with E-state index in [2.05, 4.69) is 10.0 Å². The molecule has 0 aromatic heterocycles. The molecule has 0 bridgehead atoms. The van der Waals surface area contributed by atoms with Crippen LogP contribution < -0.4 is 15.8 Å². The minimum absolute atomic E-state index is 0. The van der Waals surface area contributed by atoms with E-state index in [0.717, 1.165) is 19.4 Å². The van der Waals surface area contributed by atoms with Gasteiger partial charge in [-0.2, -0.15) is 0 Å². The van der Waals surface area contributed by atoms with Crippen molar-refractivity contribution in [3.05, 3.63) is 24.3 Å². The molecule has 1 saturated heterocycles. The predicted molar refractivity (Wildman–Crippen MR) is 101 cm³/mol. The number of ether oxygens (including phenoxy) is 2. The van der Waals surface area contributed by atoms with Crippen molar-refractivity contribution >= 4 is 34.0 Å². The van der Waals surface area contributed by atoms with Gasteiger partial charge in [0.2, 0.25) is 10.0 Å². The van der Waals surface area contributed by atoms with Crippen molar-refractivity contribution in [2.45, 2.75) is 36.9 Å². The summed E-state index contributed by atoms with van der Waals surface area (Å²) in [5, 5.41) is 2.66. The highest BCUT2D eigenvalue weighted by atomic mass is 35.5. The summed E-state index contributed by atoms with van der Waals surface area (Å²) in [6, 6.07) is 6.02. The van der Waals surface area contributed by atoms with Crippen molar-refractivity contribution < 1.29 is 22.7 Å². The maximum absolute atomic E-state index is 12.2. The Bertz CT molecular complexity index is 680. The first-order valence-electron chi connectivity index (χ1n) is 8.26. The molecule has 1 aromatic rings. The van der Waals surface area contributed by atoms with E-state index in [9.17, 15) is 13.2 Å². The number of carbonyl (C=O) groups is 1. The van der Waals surface area contributed by atoms with Crippen molar-refractivity contribution in [3.8, 4) is 0 Å². The normalized spacial score (nSPS) is 18.2. The van der Waals surface area contributed by atoms with Gasteiger partial charge >= 0.3 is 0 Å². The van der Waals surface area contributed by atoms with Crippen LogP contribution in [0.25, 0.3) is 0 Å². The van der Waals surface area contributed by atoms with Gasteiger partial charge in [-0.3, -0.25) is 4.79 Å². The van der Waals surface area contributed by atoms with E-state index in [1.807, 2.05) is 0 Å². The van der Waals surface area contributed by atoms with Crippen LogP contribution in [0.1, 0.15) is 19.8 Å². The van der Waals surface area contributed by atoms with Crippen LogP contribution in [0.4, 0.5) is 5.69 Å². The Morgan fingerprint density at radius 1 is 1.46 bits per heavy atom. The fraction of sp³-hybridized carbons (Fsp3) is 0.562. The lowest BCUT2D eigenvalue weighted by Crippen LogP contribution is -2.31. The Labute approximate surface area is 160 Å². The number of rotatable bonds is 9. The maximum atomic E-state index is 12.2. The second-order valence-electron chi connectivity index (χ2n) is 5.81. The number of benzene rings is 1. The first-order chi connectivity index (χ1) is 11.9. The molecule has 1 fully saturated rings. The average Bonchev–Trinajstić information content (AvgIpc) is 3.11. The Morgan fingerprint density at radius 2 is 2.23 bits per heavy atom. The van der Waals surface area contributed by atoms with Gasteiger partial charge in [0.05, 0.1) is 17.6 Å². The van der Waals surface area contributed by atoms with Crippen LogP contribution in [-0.2, 0) is 24.3 Å². The highest BCUT2D eigenvalue weighted by Crippen LogP contribution is 2.16. The van der Waals surface area contributed by atoms with Crippen molar-refractivity contribution in [2.24, 2.45) is 5.73 Å². The standard InChI is InChI=1S/C16H25N3O5S.ClH/c1-12(24-11-14-5-3-9-23-14)16(20)19-13-4-2-6-15(10-13)25(21,22)18-8-7-17;/h2,4,6,10,12,14,18H,3,5,7-9,11,17H2,1H3,(H,19,20);1H. The number of amides is 1. The summed E-state index contributed by atoms with van der Waals surface area (Å²) < 4.78 is 37.5. The number of anilines is 1. The molecule has 2 rings (SSSR count). The second kappa shape index (κ2) is 10.8. The fourth-order valence-electron chi connectivity index (χ4n) is 2.36. The van der Waals surface area contributed by atoms with Gasteiger partial charge in [-0.05, 0) is 38.0 Å². The molecule has 2 unspecified atom stereocenters. The Hall–Kier alpha value is -1.23. The minimum atomic E-state index is -3.65. The van der Waals surface area contributed by atoms with E-state index < -0.39 is 16.1 Å². The van der Waals surface area contributed by atoms with Gasteiger partial charge in [-0.1, -0.05) is 6.07 Å². The quantitative estimate of drug-likeness (QED) is 0.558. The maximum Gasteiger partial charge on any atom is 0.253 e. The number of halogens is 1. The number of nitrogens with one attached hydrogen (secondary N) is 2. The number of nitrogens with two attached hydrogens (primary N) is 1. The third-order valence-corrected chi connectivity index (χ3v) is 5.23. The highest BCUT2D eigenvalue weighted by Gasteiger charge is 2.20. The molecule has 2 atom stereocenters. The molecule has 1 aliphatic heterocycles. The van der Waals surface area contributed by atoms with Crippen molar-refractivity contribution in [3.63, 3.8) is 0 Å². The molecule has 10 heteroatoms. The van der Waals surface area contributed by atoms with Gasteiger partial charge in [-0.15, -0.1) is 12.4 Å². The van der Waals surface area contributed by atoms with E-state index in [-0.39, 0.29) is 42.4 Å². The average molecular weight is 408 g/mol. The Morgan fingerprint density at radius 3 is 2.88 bits per heavy atom. The number of sulfonamides is 1. The smallest absolute Gasteiger partial charge is 0.253 e. The van der Waals surface area contributed by atoms with Crippen LogP contribution in [0, 0.1) is 0 Å². The van der Waals surface area contributed by atoms with Crippen LogP contribution in [-0.4, -0.2) is 52.8 Å². The van der Waals surface area contributed by atoms with Gasteiger partial charge in [0.15, 0.2) is 0 Å². The molecule has 0 radical (unpaired) electrons. The number of carbonyl (C=O) groups excluding carboxylic acids is 1. The first-order valence-corrected chi connectivity index (χ1v) is 9.74. The SMILES string of the molecule is CC(OCC1CCCO1)C(=O)Nc1cccc(S(=O)(=O)NCCN)c1.Cl. The van der Waals surface area contributed by atoms with E-state index in [4.69, 9.17) is 15.2 Å². The Kier molecular flexibility index (Phi) is 9.48. The van der Waals surface area contributed by atoms with Crippen molar-refractivity contribution in [1.29, 1.82) is 0 Å². The zero-order valence-corrected chi connectivity index (χ0v) is 16.3. The molecule has 1 heterocycles. The molecule has 148 valence electrons. The van der Waals surface area contributed by atoms with Gasteiger partial charge in [0.25, 0.3) is 5.91 Å². The molecule has 8 nitrogen and oxygen atoms in total. The van der Waals surface area contributed by atoms with E-state index in [0.29, 0.717) is 12.3 Å². The molecule has 0 aliphatic carbocycles. The predicted octanol–water partition coefficient (Wildman–Crippen LogP) is 0.868. The third kappa shape index (κ3) is 6.82. The van der Waals surface area contributed by atoms with E-state index in [1.165, 1.54) is 12.1 Å². The fourth-order valence-corrected chi connectivity index (χ4v) is 3.46. The zero-order valence-electron chi connectivity index (χ0n) is 14.6. The summed E-state index contributed by atoms with van der Waals surface area (Å²) in [6.45, 7) is 3.09. The molecule has 26 heavy (non-hydrogen) atoms. The lowest BCUT2D eigenvalue weighted by atomic mass is 10.2.